The number of nitrogens with one attached hydrogen (secondary N) is 1. The van der Waals surface area contributed by atoms with Crippen molar-refractivity contribution in [1.82, 2.24) is 4.72 Å². The number of ether oxygens (including phenoxy) is 1. The van der Waals surface area contributed by atoms with E-state index in [1.54, 1.807) is 50.4 Å². The van der Waals surface area contributed by atoms with Gasteiger partial charge in [0.05, 0.1) is 13.7 Å². The molecule has 0 bridgehead atoms. The summed E-state index contributed by atoms with van der Waals surface area (Å²) in [6.07, 6.45) is 0. The average molecular weight is 348 g/mol. The molecule has 0 unspecified atom stereocenters. The third kappa shape index (κ3) is 4.12. The first-order valence-electron chi connectivity index (χ1n) is 7.31. The second-order valence-corrected chi connectivity index (χ2v) is 7.00. The van der Waals surface area contributed by atoms with E-state index in [0.29, 0.717) is 5.69 Å². The second-order valence-electron chi connectivity index (χ2n) is 5.27. The molecule has 2 aromatic rings. The third-order valence-corrected chi connectivity index (χ3v) is 4.96. The Morgan fingerprint density at radius 2 is 1.83 bits per heavy atom. The van der Waals surface area contributed by atoms with Crippen molar-refractivity contribution in [3.05, 3.63) is 54.1 Å². The van der Waals surface area contributed by atoms with Crippen LogP contribution < -0.4 is 14.4 Å². The Kier molecular flexibility index (Phi) is 5.58. The molecule has 1 N–H and O–H groups in total. The highest BCUT2D eigenvalue weighted by Crippen LogP contribution is 2.24. The molecular weight excluding hydrogens is 328 g/mol. The molecule has 0 aliphatic carbocycles. The van der Waals surface area contributed by atoms with Crippen LogP contribution in [-0.2, 0) is 14.8 Å². The summed E-state index contributed by atoms with van der Waals surface area (Å²) >= 11 is 0. The van der Waals surface area contributed by atoms with Gasteiger partial charge in [0, 0.05) is 12.7 Å². The van der Waals surface area contributed by atoms with Gasteiger partial charge < -0.3 is 9.64 Å². The molecule has 0 spiro atoms. The van der Waals surface area contributed by atoms with Gasteiger partial charge in [-0.15, -0.1) is 0 Å². The minimum absolute atomic E-state index is 0.0140. The second kappa shape index (κ2) is 7.46. The minimum Gasteiger partial charge on any atom is -0.495 e. The van der Waals surface area contributed by atoms with Gasteiger partial charge in [-0.25, -0.2) is 13.1 Å². The molecule has 0 heterocycles. The maximum absolute atomic E-state index is 12.5. The van der Waals surface area contributed by atoms with E-state index < -0.39 is 10.0 Å². The number of sulfonamides is 1. The van der Waals surface area contributed by atoms with Crippen LogP contribution in [0.1, 0.15) is 5.56 Å². The minimum atomic E-state index is -3.86. The number of methoxy groups -OCH3 is 1. The standard InChI is InChI=1S/C17H20N2O4S/c1-13-9-10-15(23-3)16(11-13)24(21,22)18-12-17(20)19(2)14-7-5-4-6-8-14/h4-11,18H,12H2,1-3H3. The highest BCUT2D eigenvalue weighted by molar-refractivity contribution is 7.89. The first-order chi connectivity index (χ1) is 11.3. The van der Waals surface area contributed by atoms with Crippen molar-refractivity contribution >= 4 is 21.6 Å². The van der Waals surface area contributed by atoms with Crippen LogP contribution in [0.25, 0.3) is 0 Å². The predicted octanol–water partition coefficient (Wildman–Crippen LogP) is 1.94. The first-order valence-corrected chi connectivity index (χ1v) is 8.79. The molecule has 2 rings (SSSR count). The molecule has 0 aliphatic heterocycles. The topological polar surface area (TPSA) is 75.7 Å². The monoisotopic (exact) mass is 348 g/mol. The number of hydrogen-bond donors (Lipinski definition) is 1. The van der Waals surface area contributed by atoms with E-state index in [-0.39, 0.29) is 23.1 Å². The Morgan fingerprint density at radius 1 is 1.17 bits per heavy atom. The molecule has 6 nitrogen and oxygen atoms in total. The fourth-order valence-electron chi connectivity index (χ4n) is 2.14. The number of likely N-dealkylation sites (N-methyl/N-ethyl adjacent to an activating group) is 1. The van der Waals surface area contributed by atoms with Crippen LogP contribution in [0.3, 0.4) is 0 Å². The lowest BCUT2D eigenvalue weighted by atomic mass is 10.2. The SMILES string of the molecule is COc1ccc(C)cc1S(=O)(=O)NCC(=O)N(C)c1ccccc1. The Bertz CT molecular complexity index is 820. The van der Waals surface area contributed by atoms with Gasteiger partial charge in [-0.1, -0.05) is 24.3 Å². The lowest BCUT2D eigenvalue weighted by Crippen LogP contribution is -2.38. The smallest absolute Gasteiger partial charge is 0.244 e. The van der Waals surface area contributed by atoms with Gasteiger partial charge in [0.25, 0.3) is 0 Å². The van der Waals surface area contributed by atoms with Gasteiger partial charge in [0.2, 0.25) is 15.9 Å². The van der Waals surface area contributed by atoms with Crippen molar-refractivity contribution in [3.8, 4) is 5.75 Å². The Hall–Kier alpha value is -2.38. The quantitative estimate of drug-likeness (QED) is 0.866. The van der Waals surface area contributed by atoms with Crippen LogP contribution in [0, 0.1) is 6.92 Å². The number of aryl methyl sites for hydroxylation is 1. The molecule has 0 fully saturated rings. The summed E-state index contributed by atoms with van der Waals surface area (Å²) in [6.45, 7) is 1.44. The summed E-state index contributed by atoms with van der Waals surface area (Å²) in [7, 11) is -0.862. The number of carbonyl (C=O) groups is 1. The zero-order valence-corrected chi connectivity index (χ0v) is 14.6. The van der Waals surface area contributed by atoms with Gasteiger partial charge in [-0.2, -0.15) is 0 Å². The maximum Gasteiger partial charge on any atom is 0.244 e. The van der Waals surface area contributed by atoms with Crippen LogP contribution in [0.2, 0.25) is 0 Å². The maximum atomic E-state index is 12.5. The number of carbonyl (C=O) groups excluding carboxylic acids is 1. The van der Waals surface area contributed by atoms with E-state index in [1.165, 1.54) is 18.1 Å². The lowest BCUT2D eigenvalue weighted by molar-refractivity contribution is -0.117. The molecule has 0 atom stereocenters. The van der Waals surface area contributed by atoms with Crippen molar-refractivity contribution in [3.63, 3.8) is 0 Å². The lowest BCUT2D eigenvalue weighted by Gasteiger charge is -2.18. The van der Waals surface area contributed by atoms with Gasteiger partial charge in [0.15, 0.2) is 0 Å². The molecule has 0 radical (unpaired) electrons. The van der Waals surface area contributed by atoms with Crippen LogP contribution in [0.5, 0.6) is 5.75 Å². The molecule has 1 amide bonds. The summed E-state index contributed by atoms with van der Waals surface area (Å²) in [5, 5.41) is 0. The van der Waals surface area contributed by atoms with Gasteiger partial charge >= 0.3 is 0 Å². The molecule has 0 saturated carbocycles. The fourth-order valence-corrected chi connectivity index (χ4v) is 3.37. The van der Waals surface area contributed by atoms with Gasteiger partial charge in [-0.3, -0.25) is 4.79 Å². The van der Waals surface area contributed by atoms with Gasteiger partial charge in [-0.05, 0) is 36.8 Å². The molecule has 0 saturated heterocycles. The fraction of sp³-hybridized carbons (Fsp3) is 0.235. The number of anilines is 1. The predicted molar refractivity (Wildman–Crippen MR) is 92.8 cm³/mol. The molecule has 0 aliphatic rings. The molecule has 7 heteroatoms. The Morgan fingerprint density at radius 3 is 2.46 bits per heavy atom. The number of nitrogens with zero attached hydrogens (tertiary/aromatic N) is 1. The van der Waals surface area contributed by atoms with Crippen LogP contribution in [0.4, 0.5) is 5.69 Å². The van der Waals surface area contributed by atoms with Crippen LogP contribution >= 0.6 is 0 Å². The summed E-state index contributed by atoms with van der Waals surface area (Å²) < 4.78 is 32.4. The van der Waals surface area contributed by atoms with Crippen molar-refractivity contribution < 1.29 is 17.9 Å². The van der Waals surface area contributed by atoms with Crippen LogP contribution in [-0.4, -0.2) is 35.0 Å². The first kappa shape index (κ1) is 18.0. The van der Waals surface area contributed by atoms with Crippen LogP contribution in [0.15, 0.2) is 53.4 Å². The third-order valence-electron chi connectivity index (χ3n) is 3.54. The zero-order chi connectivity index (χ0) is 17.7. The molecule has 24 heavy (non-hydrogen) atoms. The zero-order valence-electron chi connectivity index (χ0n) is 13.8. The summed E-state index contributed by atoms with van der Waals surface area (Å²) in [5.41, 5.74) is 1.47. The summed E-state index contributed by atoms with van der Waals surface area (Å²) in [4.78, 5) is 13.6. The van der Waals surface area contributed by atoms with E-state index in [4.69, 9.17) is 4.74 Å². The molecule has 0 aromatic heterocycles. The summed E-state index contributed by atoms with van der Waals surface area (Å²) in [5.74, 6) is -0.131. The van der Waals surface area contributed by atoms with E-state index in [2.05, 4.69) is 4.72 Å². The Balaban J connectivity index is 2.13. The van der Waals surface area contributed by atoms with Crippen molar-refractivity contribution in [2.45, 2.75) is 11.8 Å². The Labute approximate surface area is 142 Å². The van der Waals surface area contributed by atoms with Crippen molar-refractivity contribution in [2.75, 3.05) is 25.6 Å². The van der Waals surface area contributed by atoms with E-state index >= 15 is 0 Å². The highest BCUT2D eigenvalue weighted by Gasteiger charge is 2.21. The molecule has 128 valence electrons. The van der Waals surface area contributed by atoms with Crippen molar-refractivity contribution in [2.24, 2.45) is 0 Å². The normalized spacial score (nSPS) is 11.1. The number of para-hydroxylation sites is 1. The molecule has 2 aromatic carbocycles. The molecular formula is C17H20N2O4S. The average Bonchev–Trinajstić information content (AvgIpc) is 2.59. The number of amides is 1. The number of rotatable bonds is 6. The van der Waals surface area contributed by atoms with E-state index in [9.17, 15) is 13.2 Å². The van der Waals surface area contributed by atoms with E-state index in [1.807, 2.05) is 6.07 Å². The number of benzene rings is 2. The summed E-state index contributed by atoms with van der Waals surface area (Å²) in [6, 6.07) is 13.9. The van der Waals surface area contributed by atoms with Crippen molar-refractivity contribution in [1.29, 1.82) is 0 Å². The largest absolute Gasteiger partial charge is 0.495 e. The number of hydrogen-bond acceptors (Lipinski definition) is 4. The van der Waals surface area contributed by atoms with Gasteiger partial charge in [0.1, 0.15) is 10.6 Å². The van der Waals surface area contributed by atoms with E-state index in [0.717, 1.165) is 5.56 Å². The highest BCUT2D eigenvalue weighted by atomic mass is 32.2.